The maximum Gasteiger partial charge on any atom is 0.338 e. The van der Waals surface area contributed by atoms with Gasteiger partial charge >= 0.3 is 5.97 Å². The summed E-state index contributed by atoms with van der Waals surface area (Å²) in [4.78, 5) is 28.6. The SMILES string of the molecule is COC(=O)c1cc(N2CCOCC2)ncc1C=O. The quantitative estimate of drug-likeness (QED) is 0.575. The van der Waals surface area contributed by atoms with Gasteiger partial charge in [-0.3, -0.25) is 4.79 Å². The van der Waals surface area contributed by atoms with Crippen LogP contribution in [0.2, 0.25) is 0 Å². The molecule has 2 heterocycles. The van der Waals surface area contributed by atoms with Crippen molar-refractivity contribution in [3.05, 3.63) is 23.4 Å². The number of methoxy groups -OCH3 is 1. The van der Waals surface area contributed by atoms with E-state index >= 15 is 0 Å². The van der Waals surface area contributed by atoms with E-state index in [-0.39, 0.29) is 11.1 Å². The van der Waals surface area contributed by atoms with Crippen LogP contribution < -0.4 is 4.90 Å². The Morgan fingerprint density at radius 3 is 2.83 bits per heavy atom. The number of hydrogen-bond acceptors (Lipinski definition) is 6. The van der Waals surface area contributed by atoms with Gasteiger partial charge in [-0.2, -0.15) is 0 Å². The molecule has 96 valence electrons. The molecule has 0 amide bonds. The third-order valence-corrected chi connectivity index (χ3v) is 2.79. The first-order chi connectivity index (χ1) is 8.76. The lowest BCUT2D eigenvalue weighted by Gasteiger charge is -2.28. The number of anilines is 1. The Morgan fingerprint density at radius 2 is 2.22 bits per heavy atom. The van der Waals surface area contributed by atoms with Crippen LogP contribution in [0.3, 0.4) is 0 Å². The summed E-state index contributed by atoms with van der Waals surface area (Å²) in [7, 11) is 1.28. The molecule has 0 spiro atoms. The van der Waals surface area contributed by atoms with Crippen molar-refractivity contribution in [1.29, 1.82) is 0 Å². The van der Waals surface area contributed by atoms with Crippen LogP contribution in [0.5, 0.6) is 0 Å². The van der Waals surface area contributed by atoms with Crippen LogP contribution in [-0.4, -0.2) is 50.7 Å². The topological polar surface area (TPSA) is 68.7 Å². The molecule has 2 rings (SSSR count). The number of ether oxygens (including phenoxy) is 2. The van der Waals surface area contributed by atoms with Crippen molar-refractivity contribution in [2.75, 3.05) is 38.3 Å². The molecule has 0 aliphatic carbocycles. The van der Waals surface area contributed by atoms with Crippen molar-refractivity contribution in [1.82, 2.24) is 4.98 Å². The smallest absolute Gasteiger partial charge is 0.338 e. The number of pyridine rings is 1. The van der Waals surface area contributed by atoms with Crippen molar-refractivity contribution in [3.63, 3.8) is 0 Å². The third-order valence-electron chi connectivity index (χ3n) is 2.79. The van der Waals surface area contributed by atoms with Gasteiger partial charge in [0.15, 0.2) is 6.29 Å². The van der Waals surface area contributed by atoms with E-state index in [1.165, 1.54) is 13.3 Å². The van der Waals surface area contributed by atoms with Crippen molar-refractivity contribution in [3.8, 4) is 0 Å². The van der Waals surface area contributed by atoms with Gasteiger partial charge in [-0.05, 0) is 6.07 Å². The largest absolute Gasteiger partial charge is 0.465 e. The molecule has 0 radical (unpaired) electrons. The molecule has 1 aliphatic rings. The molecule has 6 nitrogen and oxygen atoms in total. The number of carbonyl (C=O) groups is 2. The number of hydrogen-bond donors (Lipinski definition) is 0. The van der Waals surface area contributed by atoms with E-state index in [0.717, 1.165) is 0 Å². The first-order valence-electron chi connectivity index (χ1n) is 5.62. The molecular weight excluding hydrogens is 236 g/mol. The molecule has 0 bridgehead atoms. The standard InChI is InChI=1S/C12H14N2O4/c1-17-12(16)10-6-11(13-7-9(10)8-15)14-2-4-18-5-3-14/h6-8H,2-5H2,1H3. The van der Waals surface area contributed by atoms with Crippen molar-refractivity contribution in [2.24, 2.45) is 0 Å². The summed E-state index contributed by atoms with van der Waals surface area (Å²) in [5, 5.41) is 0. The summed E-state index contributed by atoms with van der Waals surface area (Å²) in [6, 6.07) is 1.58. The number of aromatic nitrogens is 1. The predicted octanol–water partition coefficient (Wildman–Crippen LogP) is 0.517. The van der Waals surface area contributed by atoms with Gasteiger partial charge in [0, 0.05) is 24.8 Å². The Kier molecular flexibility index (Phi) is 3.88. The Balaban J connectivity index is 2.32. The van der Waals surface area contributed by atoms with Crippen LogP contribution >= 0.6 is 0 Å². The summed E-state index contributed by atoms with van der Waals surface area (Å²) < 4.78 is 9.90. The molecule has 0 aromatic carbocycles. The molecule has 1 fully saturated rings. The molecule has 6 heteroatoms. The molecule has 18 heavy (non-hydrogen) atoms. The number of nitrogens with zero attached hydrogens (tertiary/aromatic N) is 2. The number of aldehydes is 1. The van der Waals surface area contributed by atoms with Gasteiger partial charge in [0.1, 0.15) is 5.82 Å². The average Bonchev–Trinajstić information content (AvgIpc) is 2.46. The van der Waals surface area contributed by atoms with E-state index in [0.29, 0.717) is 38.4 Å². The van der Waals surface area contributed by atoms with Gasteiger partial charge < -0.3 is 14.4 Å². The van der Waals surface area contributed by atoms with Gasteiger partial charge in [0.05, 0.1) is 25.9 Å². The highest BCUT2D eigenvalue weighted by molar-refractivity contribution is 5.98. The van der Waals surface area contributed by atoms with E-state index in [2.05, 4.69) is 9.72 Å². The zero-order valence-electron chi connectivity index (χ0n) is 10.1. The Morgan fingerprint density at radius 1 is 1.50 bits per heavy atom. The Bertz CT molecular complexity index is 455. The highest BCUT2D eigenvalue weighted by Gasteiger charge is 2.17. The van der Waals surface area contributed by atoms with E-state index in [1.807, 2.05) is 4.90 Å². The van der Waals surface area contributed by atoms with Gasteiger partial charge in [0.2, 0.25) is 0 Å². The fourth-order valence-corrected chi connectivity index (χ4v) is 1.80. The molecule has 1 aromatic rings. The van der Waals surface area contributed by atoms with Crippen LogP contribution in [0, 0.1) is 0 Å². The molecular formula is C12H14N2O4. The molecule has 0 saturated carbocycles. The zero-order valence-corrected chi connectivity index (χ0v) is 10.1. The van der Waals surface area contributed by atoms with Crippen LogP contribution in [-0.2, 0) is 9.47 Å². The van der Waals surface area contributed by atoms with Crippen LogP contribution in [0.15, 0.2) is 12.3 Å². The number of morpholine rings is 1. The lowest BCUT2D eigenvalue weighted by molar-refractivity contribution is 0.0598. The van der Waals surface area contributed by atoms with Gasteiger partial charge in [-0.1, -0.05) is 0 Å². The average molecular weight is 250 g/mol. The van der Waals surface area contributed by atoms with Gasteiger partial charge in [-0.15, -0.1) is 0 Å². The highest BCUT2D eigenvalue weighted by atomic mass is 16.5. The normalized spacial score (nSPS) is 15.3. The van der Waals surface area contributed by atoms with Crippen molar-refractivity contribution >= 4 is 18.1 Å². The summed E-state index contributed by atoms with van der Waals surface area (Å²) >= 11 is 0. The van der Waals surface area contributed by atoms with E-state index in [9.17, 15) is 9.59 Å². The van der Waals surface area contributed by atoms with E-state index < -0.39 is 5.97 Å². The molecule has 0 N–H and O–H groups in total. The lowest BCUT2D eigenvalue weighted by atomic mass is 10.1. The fourth-order valence-electron chi connectivity index (χ4n) is 1.80. The Hall–Kier alpha value is -1.95. The minimum Gasteiger partial charge on any atom is -0.465 e. The summed E-state index contributed by atoms with van der Waals surface area (Å²) in [5.41, 5.74) is 0.475. The number of carbonyl (C=O) groups excluding carboxylic acids is 2. The van der Waals surface area contributed by atoms with Gasteiger partial charge in [-0.25, -0.2) is 9.78 Å². The molecule has 0 atom stereocenters. The molecule has 0 unspecified atom stereocenters. The second-order valence-electron chi connectivity index (χ2n) is 3.84. The number of rotatable bonds is 3. The molecule has 1 saturated heterocycles. The van der Waals surface area contributed by atoms with Crippen LogP contribution in [0.1, 0.15) is 20.7 Å². The zero-order chi connectivity index (χ0) is 13.0. The fraction of sp³-hybridized carbons (Fsp3) is 0.417. The first kappa shape index (κ1) is 12.5. The summed E-state index contributed by atoms with van der Waals surface area (Å²) in [6.07, 6.45) is 1.99. The molecule has 1 aliphatic heterocycles. The predicted molar refractivity (Wildman–Crippen MR) is 64.0 cm³/mol. The van der Waals surface area contributed by atoms with E-state index in [4.69, 9.17) is 4.74 Å². The van der Waals surface area contributed by atoms with Gasteiger partial charge in [0.25, 0.3) is 0 Å². The van der Waals surface area contributed by atoms with Crippen LogP contribution in [0.4, 0.5) is 5.82 Å². The second-order valence-corrected chi connectivity index (χ2v) is 3.84. The van der Waals surface area contributed by atoms with Crippen molar-refractivity contribution in [2.45, 2.75) is 0 Å². The summed E-state index contributed by atoms with van der Waals surface area (Å²) in [5.74, 6) is 0.123. The first-order valence-corrected chi connectivity index (χ1v) is 5.62. The lowest BCUT2D eigenvalue weighted by Crippen LogP contribution is -2.36. The Labute approximate surface area is 105 Å². The second kappa shape index (κ2) is 5.59. The highest BCUT2D eigenvalue weighted by Crippen LogP contribution is 2.17. The minimum atomic E-state index is -0.533. The number of esters is 1. The van der Waals surface area contributed by atoms with E-state index in [1.54, 1.807) is 6.07 Å². The molecule has 1 aromatic heterocycles. The van der Waals surface area contributed by atoms with Crippen molar-refractivity contribution < 1.29 is 19.1 Å². The maximum atomic E-state index is 11.6. The van der Waals surface area contributed by atoms with Crippen LogP contribution in [0.25, 0.3) is 0 Å². The monoisotopic (exact) mass is 250 g/mol. The minimum absolute atomic E-state index is 0.235. The summed E-state index contributed by atoms with van der Waals surface area (Å²) in [6.45, 7) is 2.69. The third kappa shape index (κ3) is 2.48. The maximum absolute atomic E-state index is 11.6.